The molecule has 1 aromatic heterocycles. The van der Waals surface area contributed by atoms with Gasteiger partial charge in [-0.2, -0.15) is 8.42 Å². The van der Waals surface area contributed by atoms with Crippen LogP contribution in [-0.4, -0.2) is 37.4 Å². The number of aromatic nitrogens is 1. The third-order valence-corrected chi connectivity index (χ3v) is 3.76. The van der Waals surface area contributed by atoms with Crippen molar-refractivity contribution in [2.24, 2.45) is 0 Å². The van der Waals surface area contributed by atoms with Crippen LogP contribution in [0.25, 0.3) is 0 Å². The van der Waals surface area contributed by atoms with Crippen LogP contribution in [0.1, 0.15) is 19.8 Å². The Hall–Kier alpha value is -1.03. The molecule has 0 atom stereocenters. The normalized spacial score (nSPS) is 11.6. The molecule has 0 fully saturated rings. The van der Waals surface area contributed by atoms with Gasteiger partial charge in [0, 0.05) is 24.3 Å². The average Bonchev–Trinajstić information content (AvgIpc) is 2.28. The van der Waals surface area contributed by atoms with Gasteiger partial charge in [-0.05, 0) is 6.42 Å². The Morgan fingerprint density at radius 1 is 1.05 bits per heavy atom. The maximum atomic E-state index is 10.3. The molecule has 1 rings (SSSR count). The predicted octanol–water partition coefficient (Wildman–Crippen LogP) is 0.194. The number of rotatable bonds is 6. The van der Waals surface area contributed by atoms with Gasteiger partial charge in [0.2, 0.25) is 0 Å². The molecule has 0 aliphatic carbocycles. The van der Waals surface area contributed by atoms with Crippen molar-refractivity contribution >= 4 is 20.2 Å². The molecule has 0 saturated carbocycles. The van der Waals surface area contributed by atoms with Gasteiger partial charge in [-0.25, -0.2) is 13.0 Å². The number of aryl methyl sites for hydroxylation is 1. The minimum Gasteiger partial charge on any atom is -0.748 e. The molecule has 1 N–H and O–H groups in total. The van der Waals surface area contributed by atoms with Crippen LogP contribution in [0.15, 0.2) is 30.6 Å². The summed E-state index contributed by atoms with van der Waals surface area (Å²) in [6.45, 7) is 2.25. The van der Waals surface area contributed by atoms with Crippen LogP contribution in [0.2, 0.25) is 0 Å². The van der Waals surface area contributed by atoms with Gasteiger partial charge in [0.05, 0.1) is 15.9 Å². The highest BCUT2D eigenvalue weighted by atomic mass is 32.2. The summed E-state index contributed by atoms with van der Waals surface area (Å²) in [4.78, 5) is 0. The molecule has 0 aromatic carbocycles. The Morgan fingerprint density at radius 3 is 1.95 bits per heavy atom. The fraction of sp³-hybridized carbons (Fsp3) is 0.545. The predicted molar refractivity (Wildman–Crippen MR) is 72.5 cm³/mol. The summed E-state index contributed by atoms with van der Waals surface area (Å²) >= 11 is 0. The molecular weight excluding hydrogens is 306 g/mol. The molecule has 0 spiro atoms. The Morgan fingerprint density at radius 2 is 1.60 bits per heavy atom. The first-order valence-electron chi connectivity index (χ1n) is 5.97. The van der Waals surface area contributed by atoms with E-state index in [0.717, 1.165) is 0 Å². The zero-order valence-corrected chi connectivity index (χ0v) is 12.8. The zero-order chi connectivity index (χ0) is 15.6. The SMILES string of the molecule is CCCS(=O)(=O)O.O=S(=O)([O-])CCC[n+]1ccccc1. The van der Waals surface area contributed by atoms with Crippen LogP contribution in [0.3, 0.4) is 0 Å². The first kappa shape index (κ1) is 19.0. The quantitative estimate of drug-likeness (QED) is 0.590. The van der Waals surface area contributed by atoms with Gasteiger partial charge in [0.1, 0.15) is 6.54 Å². The van der Waals surface area contributed by atoms with E-state index in [0.29, 0.717) is 19.4 Å². The van der Waals surface area contributed by atoms with Gasteiger partial charge in [0.15, 0.2) is 12.4 Å². The van der Waals surface area contributed by atoms with Crippen molar-refractivity contribution in [3.8, 4) is 0 Å². The third kappa shape index (κ3) is 13.4. The number of pyridine rings is 1. The summed E-state index contributed by atoms with van der Waals surface area (Å²) in [6.07, 6.45) is 4.49. The van der Waals surface area contributed by atoms with E-state index in [1.165, 1.54) is 0 Å². The van der Waals surface area contributed by atoms with E-state index in [1.807, 2.05) is 35.2 Å². The van der Waals surface area contributed by atoms with E-state index in [-0.39, 0.29) is 11.5 Å². The van der Waals surface area contributed by atoms with Gasteiger partial charge in [-0.15, -0.1) is 0 Å². The van der Waals surface area contributed by atoms with Crippen molar-refractivity contribution in [3.63, 3.8) is 0 Å². The Bertz CT molecular complexity index is 568. The van der Waals surface area contributed by atoms with Crippen LogP contribution in [0.4, 0.5) is 0 Å². The van der Waals surface area contributed by atoms with Crippen molar-refractivity contribution < 1.29 is 30.5 Å². The molecule has 1 heterocycles. The fourth-order valence-corrected chi connectivity index (χ4v) is 2.26. The zero-order valence-electron chi connectivity index (χ0n) is 11.2. The lowest BCUT2D eigenvalue weighted by molar-refractivity contribution is -0.696. The second kappa shape index (κ2) is 9.01. The molecule has 0 saturated heterocycles. The number of nitrogens with zero attached hydrogens (tertiary/aromatic N) is 1. The molecule has 1 aromatic rings. The van der Waals surface area contributed by atoms with E-state index >= 15 is 0 Å². The maximum Gasteiger partial charge on any atom is 0.264 e. The summed E-state index contributed by atoms with van der Waals surface area (Å²) in [5.74, 6) is -0.429. The van der Waals surface area contributed by atoms with Crippen molar-refractivity contribution in [1.82, 2.24) is 0 Å². The highest BCUT2D eigenvalue weighted by molar-refractivity contribution is 7.85. The minimum atomic E-state index is -4.06. The van der Waals surface area contributed by atoms with Crippen LogP contribution >= 0.6 is 0 Å². The van der Waals surface area contributed by atoms with Crippen molar-refractivity contribution in [3.05, 3.63) is 30.6 Å². The first-order chi connectivity index (χ1) is 9.14. The molecule has 0 aliphatic rings. The maximum absolute atomic E-state index is 10.3. The largest absolute Gasteiger partial charge is 0.748 e. The fourth-order valence-electron chi connectivity index (χ4n) is 1.27. The third-order valence-electron chi connectivity index (χ3n) is 2.05. The monoisotopic (exact) mass is 325 g/mol. The highest BCUT2D eigenvalue weighted by Crippen LogP contribution is 1.88. The smallest absolute Gasteiger partial charge is 0.264 e. The Labute approximate surface area is 119 Å². The lowest BCUT2D eigenvalue weighted by Crippen LogP contribution is -2.33. The van der Waals surface area contributed by atoms with Gasteiger partial charge in [0.25, 0.3) is 10.1 Å². The van der Waals surface area contributed by atoms with Crippen molar-refractivity contribution in [2.45, 2.75) is 26.3 Å². The van der Waals surface area contributed by atoms with E-state index in [2.05, 4.69) is 0 Å². The minimum absolute atomic E-state index is 0.132. The molecule has 9 heteroatoms. The van der Waals surface area contributed by atoms with E-state index < -0.39 is 20.2 Å². The first-order valence-corrected chi connectivity index (χ1v) is 9.15. The molecular formula is C11H19NO6S2. The molecule has 0 bridgehead atoms. The molecule has 0 radical (unpaired) electrons. The Balaban J connectivity index is 0.000000441. The average molecular weight is 325 g/mol. The van der Waals surface area contributed by atoms with Crippen LogP contribution < -0.4 is 4.57 Å². The highest BCUT2D eigenvalue weighted by Gasteiger charge is 2.00. The summed E-state index contributed by atoms with van der Waals surface area (Å²) in [7, 11) is -7.73. The van der Waals surface area contributed by atoms with Crippen molar-refractivity contribution in [1.29, 1.82) is 0 Å². The lowest BCUT2D eigenvalue weighted by atomic mass is 10.4. The second-order valence-corrected chi connectivity index (χ2v) is 7.11. The van der Waals surface area contributed by atoms with Crippen LogP contribution in [0.5, 0.6) is 0 Å². The summed E-state index contributed by atoms with van der Waals surface area (Å²) < 4.78 is 60.2. The van der Waals surface area contributed by atoms with E-state index in [1.54, 1.807) is 6.92 Å². The van der Waals surface area contributed by atoms with E-state index in [9.17, 15) is 21.4 Å². The van der Waals surface area contributed by atoms with Crippen LogP contribution in [0, 0.1) is 0 Å². The number of hydrogen-bond donors (Lipinski definition) is 1. The molecule has 7 nitrogen and oxygen atoms in total. The summed E-state index contributed by atoms with van der Waals surface area (Å²) in [5.41, 5.74) is 0. The van der Waals surface area contributed by atoms with Gasteiger partial charge in [-0.1, -0.05) is 13.0 Å². The molecule has 0 aliphatic heterocycles. The standard InChI is InChI=1S/C8H11NO3S.C3H8O3S/c10-13(11,12)8-4-7-9-5-2-1-3-6-9;1-2-3-7(4,5)6/h1-3,5-6H,4,7-8H2;2-3H2,1H3,(H,4,5,6). The van der Waals surface area contributed by atoms with Crippen molar-refractivity contribution in [2.75, 3.05) is 11.5 Å². The summed E-state index contributed by atoms with van der Waals surface area (Å²) in [6, 6.07) is 5.58. The van der Waals surface area contributed by atoms with Gasteiger partial charge < -0.3 is 4.55 Å². The van der Waals surface area contributed by atoms with Crippen LogP contribution in [-0.2, 0) is 26.8 Å². The molecule has 0 unspecified atom stereocenters. The molecule has 116 valence electrons. The Kier molecular flexibility index (Phi) is 8.54. The lowest BCUT2D eigenvalue weighted by Gasteiger charge is -2.03. The second-order valence-electron chi connectivity index (χ2n) is 4.01. The topological polar surface area (TPSA) is 115 Å². The molecule has 0 amide bonds. The van der Waals surface area contributed by atoms with E-state index in [4.69, 9.17) is 4.55 Å². The van der Waals surface area contributed by atoms with Gasteiger partial charge >= 0.3 is 0 Å². The van der Waals surface area contributed by atoms with Gasteiger partial charge in [-0.3, -0.25) is 4.55 Å². The summed E-state index contributed by atoms with van der Waals surface area (Å²) in [5, 5.41) is 0. The molecule has 20 heavy (non-hydrogen) atoms. The number of hydrogen-bond acceptors (Lipinski definition) is 5.